The molecule has 0 aliphatic carbocycles. The van der Waals surface area contributed by atoms with Gasteiger partial charge >= 0.3 is 158 Å². The van der Waals surface area contributed by atoms with E-state index in [1.165, 1.54) is 25.6 Å². The van der Waals surface area contributed by atoms with Gasteiger partial charge in [-0.3, -0.25) is 0 Å². The van der Waals surface area contributed by atoms with Crippen molar-refractivity contribution in [2.45, 2.75) is 6.92 Å². The molecule has 26 heavy (non-hydrogen) atoms. The van der Waals surface area contributed by atoms with E-state index in [0.29, 0.717) is 0 Å². The number of para-hydroxylation sites is 2. The molecule has 5 rings (SSSR count). The van der Waals surface area contributed by atoms with Crippen LogP contribution < -0.4 is 18.6 Å². The van der Waals surface area contributed by atoms with Gasteiger partial charge in [-0.15, -0.1) is 0 Å². The standard InChI is InChI=1S/C22H17NO2Se/c1-14-11-12-16(19(13-14)24-2)23-17-8-4-6-10-20(17)26-21-15-7-3-5-9-18(15)25-22(21)23/h3-13H,1-2H3. The van der Waals surface area contributed by atoms with Gasteiger partial charge in [0.25, 0.3) is 0 Å². The number of anilines is 3. The van der Waals surface area contributed by atoms with Crippen LogP contribution in [0.1, 0.15) is 5.56 Å². The Bertz CT molecular complexity index is 1130. The Morgan fingerprint density at radius 3 is 2.62 bits per heavy atom. The minimum absolute atomic E-state index is 0.201. The summed E-state index contributed by atoms with van der Waals surface area (Å²) in [5.41, 5.74) is 4.27. The third-order valence-corrected chi connectivity index (χ3v) is 7.07. The fourth-order valence-corrected chi connectivity index (χ4v) is 5.78. The van der Waals surface area contributed by atoms with Gasteiger partial charge in [-0.2, -0.15) is 0 Å². The summed E-state index contributed by atoms with van der Waals surface area (Å²) in [6.45, 7) is 2.08. The molecule has 0 amide bonds. The summed E-state index contributed by atoms with van der Waals surface area (Å²) in [4.78, 5) is 2.20. The van der Waals surface area contributed by atoms with Gasteiger partial charge in [-0.25, -0.2) is 0 Å². The summed E-state index contributed by atoms with van der Waals surface area (Å²) < 4.78 is 14.7. The average Bonchev–Trinajstić information content (AvgIpc) is 3.04. The molecule has 4 heteroatoms. The maximum atomic E-state index is 6.33. The number of methoxy groups -OCH3 is 1. The summed E-state index contributed by atoms with van der Waals surface area (Å²) >= 11 is 0.201. The normalized spacial score (nSPS) is 12.8. The number of hydrogen-bond donors (Lipinski definition) is 0. The number of rotatable bonds is 2. The fourth-order valence-electron chi connectivity index (χ4n) is 3.41. The Kier molecular flexibility index (Phi) is 3.56. The van der Waals surface area contributed by atoms with E-state index in [1.807, 2.05) is 12.1 Å². The molecule has 0 N–H and O–H groups in total. The van der Waals surface area contributed by atoms with Crippen LogP contribution in [0.3, 0.4) is 0 Å². The second-order valence-corrected chi connectivity index (χ2v) is 8.52. The molecule has 3 nitrogen and oxygen atoms in total. The van der Waals surface area contributed by atoms with E-state index in [4.69, 9.17) is 9.15 Å². The van der Waals surface area contributed by atoms with Crippen LogP contribution in [0.15, 0.2) is 71.1 Å². The summed E-state index contributed by atoms with van der Waals surface area (Å²) in [6, 6.07) is 23.1. The molecule has 0 unspecified atom stereocenters. The zero-order valence-electron chi connectivity index (χ0n) is 14.5. The van der Waals surface area contributed by atoms with Gasteiger partial charge in [0.05, 0.1) is 0 Å². The van der Waals surface area contributed by atoms with Crippen LogP contribution in [-0.4, -0.2) is 22.1 Å². The van der Waals surface area contributed by atoms with Gasteiger partial charge in [0.15, 0.2) is 0 Å². The Hall–Kier alpha value is -2.68. The maximum absolute atomic E-state index is 6.33. The van der Waals surface area contributed by atoms with Crippen molar-refractivity contribution in [2.24, 2.45) is 0 Å². The molecule has 0 bridgehead atoms. The van der Waals surface area contributed by atoms with Crippen molar-refractivity contribution in [3.8, 4) is 5.75 Å². The molecular weight excluding hydrogens is 389 g/mol. The molecule has 0 saturated carbocycles. The van der Waals surface area contributed by atoms with E-state index in [-0.39, 0.29) is 15.0 Å². The molecule has 0 saturated heterocycles. The first-order chi connectivity index (χ1) is 12.8. The van der Waals surface area contributed by atoms with E-state index in [0.717, 1.165) is 22.9 Å². The van der Waals surface area contributed by atoms with E-state index < -0.39 is 0 Å². The van der Waals surface area contributed by atoms with E-state index >= 15 is 0 Å². The monoisotopic (exact) mass is 407 g/mol. The molecule has 4 aromatic rings. The van der Waals surface area contributed by atoms with Gasteiger partial charge in [0.1, 0.15) is 0 Å². The van der Waals surface area contributed by atoms with Gasteiger partial charge in [0, 0.05) is 0 Å². The number of aryl methyl sites for hydroxylation is 1. The molecule has 2 heterocycles. The average molecular weight is 406 g/mol. The van der Waals surface area contributed by atoms with Gasteiger partial charge in [-0.1, -0.05) is 0 Å². The van der Waals surface area contributed by atoms with Crippen LogP contribution in [0.25, 0.3) is 11.0 Å². The zero-order chi connectivity index (χ0) is 17.7. The molecule has 0 fully saturated rings. The number of ether oxygens (including phenoxy) is 1. The van der Waals surface area contributed by atoms with Crippen molar-refractivity contribution < 1.29 is 9.15 Å². The predicted molar refractivity (Wildman–Crippen MR) is 107 cm³/mol. The van der Waals surface area contributed by atoms with Gasteiger partial charge in [0.2, 0.25) is 0 Å². The molecule has 0 spiro atoms. The van der Waals surface area contributed by atoms with Crippen LogP contribution >= 0.6 is 0 Å². The first-order valence-corrected chi connectivity index (χ1v) is 10.2. The van der Waals surface area contributed by atoms with E-state index in [9.17, 15) is 0 Å². The molecule has 0 atom stereocenters. The quantitative estimate of drug-likeness (QED) is 0.411. The first-order valence-electron chi connectivity index (χ1n) is 8.49. The Labute approximate surface area is 158 Å². The molecule has 1 aliphatic heterocycles. The van der Waals surface area contributed by atoms with Crippen molar-refractivity contribution in [1.82, 2.24) is 0 Å². The topological polar surface area (TPSA) is 25.6 Å². The van der Waals surface area contributed by atoms with Crippen LogP contribution in [0.2, 0.25) is 0 Å². The number of fused-ring (bicyclic) bond motifs is 4. The van der Waals surface area contributed by atoms with Gasteiger partial charge in [-0.05, 0) is 0 Å². The fraction of sp³-hybridized carbons (Fsp3) is 0.0909. The van der Waals surface area contributed by atoms with E-state index in [2.05, 4.69) is 66.4 Å². The van der Waals surface area contributed by atoms with Crippen LogP contribution in [0.4, 0.5) is 17.3 Å². The summed E-state index contributed by atoms with van der Waals surface area (Å²) in [6.07, 6.45) is 0. The summed E-state index contributed by atoms with van der Waals surface area (Å²) in [5, 5.41) is 1.20. The number of nitrogens with zero attached hydrogens (tertiary/aromatic N) is 1. The van der Waals surface area contributed by atoms with E-state index in [1.54, 1.807) is 7.11 Å². The molecule has 128 valence electrons. The van der Waals surface area contributed by atoms with Crippen molar-refractivity contribution in [3.05, 3.63) is 72.3 Å². The SMILES string of the molecule is COc1cc(C)ccc1N1c2ccccc2[Se]c2c1oc1ccccc21. The van der Waals surface area contributed by atoms with Crippen molar-refractivity contribution in [2.75, 3.05) is 12.0 Å². The summed E-state index contributed by atoms with van der Waals surface area (Å²) in [7, 11) is 1.72. The molecule has 3 aromatic carbocycles. The van der Waals surface area contributed by atoms with Crippen LogP contribution in [-0.2, 0) is 0 Å². The Balaban J connectivity index is 1.83. The molecular formula is C22H17NO2Se. The van der Waals surface area contributed by atoms with Crippen LogP contribution in [0.5, 0.6) is 5.75 Å². The number of hydrogen-bond acceptors (Lipinski definition) is 3. The predicted octanol–water partition coefficient (Wildman–Crippen LogP) is 4.19. The Morgan fingerprint density at radius 2 is 1.73 bits per heavy atom. The molecule has 1 aromatic heterocycles. The first kappa shape index (κ1) is 15.6. The molecule has 1 aliphatic rings. The Morgan fingerprint density at radius 1 is 0.923 bits per heavy atom. The van der Waals surface area contributed by atoms with Crippen LogP contribution in [0, 0.1) is 6.92 Å². The minimum atomic E-state index is 0.201. The summed E-state index contributed by atoms with van der Waals surface area (Å²) in [5.74, 6) is 1.76. The number of furan rings is 1. The van der Waals surface area contributed by atoms with Crippen molar-refractivity contribution in [3.63, 3.8) is 0 Å². The number of benzene rings is 3. The second kappa shape index (κ2) is 5.94. The third kappa shape index (κ3) is 2.27. The molecule has 0 radical (unpaired) electrons. The van der Waals surface area contributed by atoms with Gasteiger partial charge < -0.3 is 0 Å². The zero-order valence-corrected chi connectivity index (χ0v) is 16.2. The second-order valence-electron chi connectivity index (χ2n) is 6.31. The van der Waals surface area contributed by atoms with Crippen molar-refractivity contribution >= 4 is 52.1 Å². The third-order valence-electron chi connectivity index (χ3n) is 4.63. The van der Waals surface area contributed by atoms with Crippen molar-refractivity contribution in [1.29, 1.82) is 0 Å².